The minimum Gasteiger partial charge on any atom is -0.511 e. The number of carbonyl (C=O) groups is 1. The lowest BCUT2D eigenvalue weighted by molar-refractivity contribution is -0.163. The normalized spacial score (nSPS) is 17.9. The van der Waals surface area contributed by atoms with E-state index in [1.165, 1.54) is 11.8 Å². The van der Waals surface area contributed by atoms with Gasteiger partial charge in [-0.15, -0.1) is 0 Å². The van der Waals surface area contributed by atoms with Crippen LogP contribution in [0.2, 0.25) is 0 Å². The summed E-state index contributed by atoms with van der Waals surface area (Å²) in [6.45, 7) is 4.06. The molecule has 4 aromatic carbocycles. The van der Waals surface area contributed by atoms with Gasteiger partial charge in [-0.2, -0.15) is 0 Å². The van der Waals surface area contributed by atoms with Crippen molar-refractivity contribution in [1.29, 1.82) is 0 Å². The van der Waals surface area contributed by atoms with Gasteiger partial charge in [-0.25, -0.2) is 4.79 Å². The third-order valence-electron chi connectivity index (χ3n) is 6.25. The molecule has 1 aliphatic heterocycles. The molecule has 0 aromatic heterocycles. The molecule has 1 aliphatic rings. The standard InChI is InChI=1S/C30H26O4S/c1-20-15-16-21(2)27(17-20)35-28-25(31)18-30(34-29(28)32,23-11-4-3-5-12-23)19-33-26-14-8-10-22-9-6-7-13-24(22)26/h3-17,31H,18-19H2,1-2H3. The summed E-state index contributed by atoms with van der Waals surface area (Å²) in [6, 6.07) is 29.4. The van der Waals surface area contributed by atoms with E-state index < -0.39 is 11.6 Å². The number of benzene rings is 4. The number of carbonyl (C=O) groups excluding carboxylic acids is 1. The minimum atomic E-state index is -1.15. The summed E-state index contributed by atoms with van der Waals surface area (Å²) in [5, 5.41) is 13.2. The van der Waals surface area contributed by atoms with Crippen LogP contribution in [0.1, 0.15) is 23.1 Å². The van der Waals surface area contributed by atoms with Crippen molar-refractivity contribution in [3.05, 3.63) is 118 Å². The minimum absolute atomic E-state index is 0.0116. The van der Waals surface area contributed by atoms with E-state index in [4.69, 9.17) is 9.47 Å². The highest BCUT2D eigenvalue weighted by atomic mass is 32.2. The van der Waals surface area contributed by atoms with Gasteiger partial charge in [0.25, 0.3) is 0 Å². The van der Waals surface area contributed by atoms with Crippen molar-refractivity contribution in [3.63, 3.8) is 0 Å². The molecule has 0 spiro atoms. The van der Waals surface area contributed by atoms with Crippen LogP contribution >= 0.6 is 11.8 Å². The Hall–Kier alpha value is -3.70. The lowest BCUT2D eigenvalue weighted by Crippen LogP contribution is -2.42. The molecule has 1 heterocycles. The Bertz CT molecular complexity index is 1420. The van der Waals surface area contributed by atoms with Crippen LogP contribution < -0.4 is 4.74 Å². The quantitative estimate of drug-likeness (QED) is 0.294. The largest absolute Gasteiger partial charge is 0.511 e. The summed E-state index contributed by atoms with van der Waals surface area (Å²) in [4.78, 5) is 14.4. The van der Waals surface area contributed by atoms with Gasteiger partial charge in [-0.3, -0.25) is 0 Å². The zero-order chi connectivity index (χ0) is 24.4. The number of fused-ring (bicyclic) bond motifs is 1. The third-order valence-corrected chi connectivity index (χ3v) is 7.52. The molecule has 0 saturated heterocycles. The van der Waals surface area contributed by atoms with E-state index in [-0.39, 0.29) is 23.7 Å². The van der Waals surface area contributed by atoms with Crippen molar-refractivity contribution in [2.45, 2.75) is 30.8 Å². The molecule has 176 valence electrons. The van der Waals surface area contributed by atoms with E-state index in [0.29, 0.717) is 5.75 Å². The molecule has 1 unspecified atom stereocenters. The van der Waals surface area contributed by atoms with E-state index in [0.717, 1.165) is 32.4 Å². The Labute approximate surface area is 209 Å². The van der Waals surface area contributed by atoms with Crippen LogP contribution in [0.15, 0.2) is 107 Å². The van der Waals surface area contributed by atoms with Gasteiger partial charge < -0.3 is 14.6 Å². The highest BCUT2D eigenvalue weighted by molar-refractivity contribution is 8.04. The summed E-state index contributed by atoms with van der Waals surface area (Å²) in [5.74, 6) is 0.163. The van der Waals surface area contributed by atoms with Crippen LogP contribution in [0.4, 0.5) is 0 Å². The maximum atomic E-state index is 13.3. The second-order valence-electron chi connectivity index (χ2n) is 8.84. The predicted octanol–water partition coefficient (Wildman–Crippen LogP) is 7.24. The number of cyclic esters (lactones) is 1. The van der Waals surface area contributed by atoms with E-state index in [1.54, 1.807) is 0 Å². The molecular formula is C30H26O4S. The van der Waals surface area contributed by atoms with Crippen molar-refractivity contribution >= 4 is 28.5 Å². The molecule has 0 amide bonds. The maximum absolute atomic E-state index is 13.3. The number of rotatable bonds is 6. The number of esters is 1. The first-order valence-corrected chi connectivity index (χ1v) is 12.3. The number of hydrogen-bond donors (Lipinski definition) is 1. The molecule has 4 nitrogen and oxygen atoms in total. The Kier molecular flexibility index (Phi) is 6.27. The summed E-state index contributed by atoms with van der Waals surface area (Å²) in [5.41, 5.74) is 1.75. The lowest BCUT2D eigenvalue weighted by atomic mass is 9.88. The van der Waals surface area contributed by atoms with Gasteiger partial charge in [0, 0.05) is 10.3 Å². The third kappa shape index (κ3) is 4.64. The molecule has 4 aromatic rings. The molecule has 0 aliphatic carbocycles. The number of aryl methyl sites for hydroxylation is 2. The number of thioether (sulfide) groups is 1. The molecule has 1 atom stereocenters. The van der Waals surface area contributed by atoms with E-state index in [9.17, 15) is 9.90 Å². The monoisotopic (exact) mass is 482 g/mol. The van der Waals surface area contributed by atoms with Gasteiger partial charge in [-0.1, -0.05) is 90.6 Å². The average molecular weight is 483 g/mol. The van der Waals surface area contributed by atoms with Gasteiger partial charge in [-0.05, 0) is 48.1 Å². The number of aliphatic hydroxyl groups is 1. The van der Waals surface area contributed by atoms with Crippen LogP contribution in [-0.4, -0.2) is 17.7 Å². The van der Waals surface area contributed by atoms with Gasteiger partial charge in [0.1, 0.15) is 23.0 Å². The number of hydrogen-bond acceptors (Lipinski definition) is 5. The Morgan fingerprint density at radius 2 is 1.69 bits per heavy atom. The SMILES string of the molecule is Cc1ccc(C)c(SC2=C(O)CC(COc3cccc4ccccc34)(c3ccccc3)OC2=O)c1. The molecule has 5 rings (SSSR count). The first-order valence-electron chi connectivity index (χ1n) is 11.5. The van der Waals surface area contributed by atoms with Gasteiger partial charge in [0.15, 0.2) is 5.60 Å². The smallest absolute Gasteiger partial charge is 0.349 e. The van der Waals surface area contributed by atoms with Gasteiger partial charge >= 0.3 is 5.97 Å². The summed E-state index contributed by atoms with van der Waals surface area (Å²) in [7, 11) is 0. The van der Waals surface area contributed by atoms with Crippen LogP contribution in [0.3, 0.4) is 0 Å². The second-order valence-corrected chi connectivity index (χ2v) is 9.89. The number of aliphatic hydroxyl groups excluding tert-OH is 1. The first kappa shape index (κ1) is 23.1. The van der Waals surface area contributed by atoms with Crippen molar-refractivity contribution in [2.75, 3.05) is 6.61 Å². The van der Waals surface area contributed by atoms with Crippen molar-refractivity contribution < 1.29 is 19.4 Å². The second kappa shape index (κ2) is 9.51. The highest BCUT2D eigenvalue weighted by Crippen LogP contribution is 2.43. The molecular weight excluding hydrogens is 456 g/mol. The van der Waals surface area contributed by atoms with E-state index in [2.05, 4.69) is 0 Å². The Morgan fingerprint density at radius 1 is 0.943 bits per heavy atom. The topological polar surface area (TPSA) is 55.8 Å². The van der Waals surface area contributed by atoms with Crippen LogP contribution in [0.5, 0.6) is 5.75 Å². The van der Waals surface area contributed by atoms with Crippen molar-refractivity contribution in [3.8, 4) is 5.75 Å². The highest BCUT2D eigenvalue weighted by Gasteiger charge is 2.45. The zero-order valence-corrected chi connectivity index (χ0v) is 20.5. The van der Waals surface area contributed by atoms with Crippen LogP contribution in [-0.2, 0) is 15.1 Å². The molecule has 0 fully saturated rings. The summed E-state index contributed by atoms with van der Waals surface area (Å²) < 4.78 is 12.4. The van der Waals surface area contributed by atoms with Crippen molar-refractivity contribution in [2.24, 2.45) is 0 Å². The average Bonchev–Trinajstić information content (AvgIpc) is 2.87. The molecule has 35 heavy (non-hydrogen) atoms. The molecule has 1 N–H and O–H groups in total. The Morgan fingerprint density at radius 3 is 2.49 bits per heavy atom. The molecule has 0 bridgehead atoms. The predicted molar refractivity (Wildman–Crippen MR) is 140 cm³/mol. The molecule has 0 radical (unpaired) electrons. The fourth-order valence-electron chi connectivity index (χ4n) is 4.34. The van der Waals surface area contributed by atoms with Gasteiger partial charge in [0.2, 0.25) is 0 Å². The fraction of sp³-hybridized carbons (Fsp3) is 0.167. The first-order chi connectivity index (χ1) is 16.9. The maximum Gasteiger partial charge on any atom is 0.349 e. The van der Waals surface area contributed by atoms with Gasteiger partial charge in [0.05, 0.1) is 6.42 Å². The van der Waals surface area contributed by atoms with Crippen LogP contribution in [0, 0.1) is 13.8 Å². The molecule has 5 heteroatoms. The zero-order valence-electron chi connectivity index (χ0n) is 19.7. The molecule has 0 saturated carbocycles. The van der Waals surface area contributed by atoms with E-state index >= 15 is 0 Å². The summed E-state index contributed by atoms with van der Waals surface area (Å²) in [6.07, 6.45) is 0.126. The summed E-state index contributed by atoms with van der Waals surface area (Å²) >= 11 is 1.25. The number of ether oxygens (including phenoxy) is 2. The van der Waals surface area contributed by atoms with E-state index in [1.807, 2.05) is 105 Å². The van der Waals surface area contributed by atoms with Crippen molar-refractivity contribution in [1.82, 2.24) is 0 Å². The lowest BCUT2D eigenvalue weighted by Gasteiger charge is -2.37. The fourth-order valence-corrected chi connectivity index (χ4v) is 5.35. The Balaban J connectivity index is 1.49. The van der Waals surface area contributed by atoms with Crippen LogP contribution in [0.25, 0.3) is 10.8 Å².